The van der Waals surface area contributed by atoms with Crippen LogP contribution < -0.4 is 5.11 Å². The first-order chi connectivity index (χ1) is 11.5. The molecule has 0 bridgehead atoms. The topological polar surface area (TPSA) is 60.4 Å². The maximum absolute atomic E-state index is 10.8. The molecule has 0 fully saturated rings. The highest BCUT2D eigenvalue weighted by Crippen LogP contribution is 2.17. The summed E-state index contributed by atoms with van der Waals surface area (Å²) in [7, 11) is 0. The van der Waals surface area contributed by atoms with E-state index < -0.39 is 5.97 Å². The number of unbranched alkanes of at least 4 members (excludes halogenated alkanes) is 5. The summed E-state index contributed by atoms with van der Waals surface area (Å²) in [5.74, 6) is -0.495. The highest BCUT2D eigenvalue weighted by Gasteiger charge is 2.27. The summed E-state index contributed by atoms with van der Waals surface area (Å²) in [4.78, 5) is 10.8. The number of carbonyl (C=O) groups is 1. The Hall–Kier alpha value is -1.03. The highest BCUT2D eigenvalue weighted by atomic mass is 16.4. The van der Waals surface area contributed by atoms with E-state index in [2.05, 4.69) is 20.8 Å². The quantitative estimate of drug-likeness (QED) is 0.263. The molecule has 0 aromatic heterocycles. The van der Waals surface area contributed by atoms with Crippen LogP contribution in [0.15, 0.2) is 11.8 Å². The SMILES string of the molecule is CCCCC/C=C(\O)C[N+](CCCC)(CCCC)CCCC(=O)[O-]. The molecular formula is C20H39NO3. The van der Waals surface area contributed by atoms with Crippen molar-refractivity contribution in [2.24, 2.45) is 0 Å². The molecule has 0 heterocycles. The van der Waals surface area contributed by atoms with Crippen molar-refractivity contribution in [1.82, 2.24) is 0 Å². The lowest BCUT2D eigenvalue weighted by Crippen LogP contribution is -2.51. The second-order valence-corrected chi connectivity index (χ2v) is 7.04. The molecule has 142 valence electrons. The first kappa shape index (κ1) is 23.0. The van der Waals surface area contributed by atoms with E-state index in [1.807, 2.05) is 6.08 Å². The molecule has 0 aromatic rings. The molecule has 0 aliphatic carbocycles. The van der Waals surface area contributed by atoms with Crippen LogP contribution >= 0.6 is 0 Å². The van der Waals surface area contributed by atoms with Gasteiger partial charge in [-0.05, 0) is 38.2 Å². The van der Waals surface area contributed by atoms with Crippen LogP contribution in [0.5, 0.6) is 0 Å². The van der Waals surface area contributed by atoms with Crippen molar-refractivity contribution >= 4 is 5.97 Å². The van der Waals surface area contributed by atoms with Gasteiger partial charge in [0.05, 0.1) is 19.6 Å². The molecule has 4 nitrogen and oxygen atoms in total. The highest BCUT2D eigenvalue weighted by molar-refractivity contribution is 5.64. The number of carboxylic acids is 1. The van der Waals surface area contributed by atoms with Gasteiger partial charge in [0.25, 0.3) is 0 Å². The lowest BCUT2D eigenvalue weighted by atomic mass is 10.1. The summed E-state index contributed by atoms with van der Waals surface area (Å²) in [5, 5.41) is 21.2. The molecule has 0 aliphatic heterocycles. The molecule has 0 atom stereocenters. The van der Waals surface area contributed by atoms with Crippen LogP contribution in [0, 0.1) is 0 Å². The third kappa shape index (κ3) is 11.5. The molecule has 1 N–H and O–H groups in total. The Bertz CT molecular complexity index is 345. The van der Waals surface area contributed by atoms with Gasteiger partial charge in [0, 0.05) is 12.4 Å². The first-order valence-electron chi connectivity index (χ1n) is 9.92. The van der Waals surface area contributed by atoms with Crippen molar-refractivity contribution in [2.45, 2.75) is 85.0 Å². The average Bonchev–Trinajstić information content (AvgIpc) is 2.54. The minimum Gasteiger partial charge on any atom is -0.550 e. The minimum absolute atomic E-state index is 0.110. The normalized spacial score (nSPS) is 12.5. The fourth-order valence-electron chi connectivity index (χ4n) is 3.19. The molecule has 0 aliphatic rings. The van der Waals surface area contributed by atoms with E-state index in [4.69, 9.17) is 0 Å². The smallest absolute Gasteiger partial charge is 0.143 e. The number of aliphatic carboxylic acids is 1. The van der Waals surface area contributed by atoms with Gasteiger partial charge in [0.2, 0.25) is 0 Å². The summed E-state index contributed by atoms with van der Waals surface area (Å²) in [6, 6.07) is 0. The average molecular weight is 342 g/mol. The van der Waals surface area contributed by atoms with E-state index in [1.54, 1.807) is 0 Å². The van der Waals surface area contributed by atoms with E-state index in [0.29, 0.717) is 18.7 Å². The maximum atomic E-state index is 10.8. The van der Waals surface area contributed by atoms with Crippen molar-refractivity contribution in [3.05, 3.63) is 11.8 Å². The molecule has 0 saturated heterocycles. The van der Waals surface area contributed by atoms with E-state index in [1.165, 1.54) is 12.8 Å². The third-order valence-electron chi connectivity index (χ3n) is 4.67. The second kappa shape index (κ2) is 14.3. The Kier molecular flexibility index (Phi) is 13.7. The molecular weight excluding hydrogens is 302 g/mol. The van der Waals surface area contributed by atoms with E-state index in [9.17, 15) is 15.0 Å². The number of nitrogens with zero attached hydrogens (tertiary/aromatic N) is 1. The summed E-state index contributed by atoms with van der Waals surface area (Å²) < 4.78 is 0.811. The Morgan fingerprint density at radius 1 is 0.917 bits per heavy atom. The molecule has 0 aromatic carbocycles. The second-order valence-electron chi connectivity index (χ2n) is 7.04. The Labute approximate surface area is 149 Å². The van der Waals surface area contributed by atoms with Gasteiger partial charge < -0.3 is 19.5 Å². The summed E-state index contributed by atoms with van der Waals surface area (Å²) in [6.07, 6.45) is 11.6. The molecule has 4 heteroatoms. The van der Waals surface area contributed by atoms with Crippen LogP contribution in [0.4, 0.5) is 0 Å². The van der Waals surface area contributed by atoms with Gasteiger partial charge in [-0.25, -0.2) is 0 Å². The lowest BCUT2D eigenvalue weighted by molar-refractivity contribution is -0.925. The van der Waals surface area contributed by atoms with Crippen LogP contribution in [-0.4, -0.2) is 41.7 Å². The Morgan fingerprint density at radius 3 is 1.96 bits per heavy atom. The zero-order valence-corrected chi connectivity index (χ0v) is 16.2. The largest absolute Gasteiger partial charge is 0.550 e. The summed E-state index contributed by atoms with van der Waals surface area (Å²) in [6.45, 7) is 10.00. The van der Waals surface area contributed by atoms with Gasteiger partial charge in [-0.3, -0.25) is 0 Å². The fourth-order valence-corrected chi connectivity index (χ4v) is 3.19. The van der Waals surface area contributed by atoms with Crippen LogP contribution in [0.25, 0.3) is 0 Å². The molecule has 0 radical (unpaired) electrons. The van der Waals surface area contributed by atoms with Crippen molar-refractivity contribution in [1.29, 1.82) is 0 Å². The van der Waals surface area contributed by atoms with E-state index >= 15 is 0 Å². The number of hydrogen-bond donors (Lipinski definition) is 1. The third-order valence-corrected chi connectivity index (χ3v) is 4.67. The predicted molar refractivity (Wildman–Crippen MR) is 98.6 cm³/mol. The van der Waals surface area contributed by atoms with E-state index in [0.717, 1.165) is 62.6 Å². The number of carbonyl (C=O) groups excluding carboxylic acids is 1. The monoisotopic (exact) mass is 341 g/mol. The Balaban J connectivity index is 4.88. The molecule has 24 heavy (non-hydrogen) atoms. The van der Waals surface area contributed by atoms with Crippen LogP contribution in [0.2, 0.25) is 0 Å². The molecule has 0 saturated carbocycles. The van der Waals surface area contributed by atoms with Crippen LogP contribution in [0.1, 0.15) is 85.0 Å². The van der Waals surface area contributed by atoms with Crippen molar-refractivity contribution < 1.29 is 19.5 Å². The number of quaternary nitrogens is 1. The fraction of sp³-hybridized carbons (Fsp3) is 0.850. The van der Waals surface area contributed by atoms with Crippen LogP contribution in [-0.2, 0) is 4.79 Å². The summed E-state index contributed by atoms with van der Waals surface area (Å²) in [5.41, 5.74) is 0. The standard InChI is InChI=1S/C20H39NO3/c1-4-7-10-11-13-19(22)18-21(15-8-5-2,16-9-6-3)17-12-14-20(23)24/h13H,4-12,14-18H2,1-3H3,(H-,22,23,24)/b19-13-. The van der Waals surface area contributed by atoms with Gasteiger partial charge in [-0.1, -0.05) is 46.5 Å². The number of aliphatic hydroxyl groups excluding tert-OH is 1. The number of aliphatic hydroxyl groups is 1. The van der Waals surface area contributed by atoms with Crippen molar-refractivity contribution in [3.63, 3.8) is 0 Å². The minimum atomic E-state index is -0.974. The zero-order valence-electron chi connectivity index (χ0n) is 16.2. The first-order valence-corrected chi connectivity index (χ1v) is 9.92. The molecule has 0 amide bonds. The van der Waals surface area contributed by atoms with Gasteiger partial charge in [0.15, 0.2) is 0 Å². The lowest BCUT2D eigenvalue weighted by Gasteiger charge is -2.39. The Morgan fingerprint density at radius 2 is 1.46 bits per heavy atom. The van der Waals surface area contributed by atoms with Gasteiger partial charge in [-0.15, -0.1) is 0 Å². The molecule has 0 unspecified atom stereocenters. The van der Waals surface area contributed by atoms with E-state index in [-0.39, 0.29) is 6.42 Å². The summed E-state index contributed by atoms with van der Waals surface area (Å²) >= 11 is 0. The van der Waals surface area contributed by atoms with Crippen molar-refractivity contribution in [2.75, 3.05) is 26.2 Å². The number of carboxylic acid groups (broad SMARTS) is 1. The maximum Gasteiger partial charge on any atom is 0.143 e. The number of hydrogen-bond acceptors (Lipinski definition) is 3. The predicted octanol–water partition coefficient (Wildman–Crippen LogP) is 3.96. The number of allylic oxidation sites excluding steroid dienone is 1. The molecule has 0 rings (SSSR count). The van der Waals surface area contributed by atoms with Crippen molar-refractivity contribution in [3.8, 4) is 0 Å². The molecule has 0 spiro atoms. The van der Waals surface area contributed by atoms with Gasteiger partial charge in [0.1, 0.15) is 12.3 Å². The van der Waals surface area contributed by atoms with Crippen LogP contribution in [0.3, 0.4) is 0 Å². The van der Waals surface area contributed by atoms with Gasteiger partial charge in [-0.2, -0.15) is 0 Å². The zero-order chi connectivity index (χ0) is 18.3. The number of rotatable bonds is 16. The van der Waals surface area contributed by atoms with Gasteiger partial charge >= 0.3 is 0 Å².